The Labute approximate surface area is 148 Å². The number of H-pyrrole nitrogens is 1. The van der Waals surface area contributed by atoms with Gasteiger partial charge in [0.05, 0.1) is 7.11 Å². The molecule has 2 N–H and O–H groups in total. The topological polar surface area (TPSA) is 119 Å². The molecule has 1 aromatic carbocycles. The Hall–Kier alpha value is -3.36. The first-order valence-electron chi connectivity index (χ1n) is 7.83. The fourth-order valence-corrected chi connectivity index (χ4v) is 2.20. The maximum atomic E-state index is 11.7. The summed E-state index contributed by atoms with van der Waals surface area (Å²) in [7, 11) is 1.57. The van der Waals surface area contributed by atoms with Crippen molar-refractivity contribution in [3.05, 3.63) is 62.9 Å². The van der Waals surface area contributed by atoms with Crippen LogP contribution < -0.4 is 21.3 Å². The van der Waals surface area contributed by atoms with Gasteiger partial charge < -0.3 is 14.8 Å². The molecule has 138 valence electrons. The van der Waals surface area contributed by atoms with Gasteiger partial charge in [-0.05, 0) is 18.1 Å². The zero-order chi connectivity index (χ0) is 18.9. The first kappa shape index (κ1) is 19.0. The van der Waals surface area contributed by atoms with Gasteiger partial charge in [-0.3, -0.25) is 23.9 Å². The van der Waals surface area contributed by atoms with E-state index in [0.29, 0.717) is 13.0 Å². The van der Waals surface area contributed by atoms with Gasteiger partial charge in [-0.1, -0.05) is 18.2 Å². The predicted octanol–water partition coefficient (Wildman–Crippen LogP) is -0.553. The van der Waals surface area contributed by atoms with Crippen molar-refractivity contribution in [2.45, 2.75) is 13.0 Å². The molecule has 0 unspecified atom stereocenters. The molecule has 0 fully saturated rings. The average Bonchev–Trinajstić information content (AvgIpc) is 2.63. The zero-order valence-corrected chi connectivity index (χ0v) is 14.2. The van der Waals surface area contributed by atoms with Crippen LogP contribution >= 0.6 is 0 Å². The highest BCUT2D eigenvalue weighted by atomic mass is 16.5. The summed E-state index contributed by atoms with van der Waals surface area (Å²) in [6, 6.07) is 8.57. The van der Waals surface area contributed by atoms with E-state index in [4.69, 9.17) is 9.47 Å². The Kier molecular flexibility index (Phi) is 6.72. The van der Waals surface area contributed by atoms with E-state index in [1.807, 2.05) is 29.2 Å². The molecule has 2 rings (SSSR count). The van der Waals surface area contributed by atoms with Crippen LogP contribution in [0, 0.1) is 0 Å². The largest absolute Gasteiger partial charge is 0.496 e. The lowest BCUT2D eigenvalue weighted by atomic mass is 10.1. The van der Waals surface area contributed by atoms with Crippen molar-refractivity contribution in [3.8, 4) is 5.75 Å². The summed E-state index contributed by atoms with van der Waals surface area (Å²) in [5.74, 6) is -0.486. The Bertz CT molecular complexity index is 886. The van der Waals surface area contributed by atoms with Crippen LogP contribution in [0.15, 0.2) is 46.1 Å². The van der Waals surface area contributed by atoms with Crippen LogP contribution in [0.2, 0.25) is 0 Å². The maximum Gasteiger partial charge on any atom is 0.328 e. The number of benzene rings is 1. The third-order valence-electron chi connectivity index (χ3n) is 3.47. The molecule has 0 radical (unpaired) electrons. The number of hydrogen-bond donors (Lipinski definition) is 2. The highest BCUT2D eigenvalue weighted by Crippen LogP contribution is 2.17. The number of esters is 1. The lowest BCUT2D eigenvalue weighted by Gasteiger charge is -2.09. The number of aromatic amines is 1. The van der Waals surface area contributed by atoms with Gasteiger partial charge >= 0.3 is 11.7 Å². The van der Waals surface area contributed by atoms with Crippen molar-refractivity contribution in [3.63, 3.8) is 0 Å². The molecule has 0 bridgehead atoms. The number of ether oxygens (including phenoxy) is 2. The number of nitrogens with one attached hydrogen (secondary N) is 2. The van der Waals surface area contributed by atoms with Gasteiger partial charge in [0, 0.05) is 18.8 Å². The van der Waals surface area contributed by atoms with Gasteiger partial charge in [-0.25, -0.2) is 4.79 Å². The van der Waals surface area contributed by atoms with Crippen molar-refractivity contribution in [1.29, 1.82) is 0 Å². The minimum Gasteiger partial charge on any atom is -0.496 e. The lowest BCUT2D eigenvalue weighted by molar-refractivity contribution is -0.149. The smallest absolute Gasteiger partial charge is 0.328 e. The third-order valence-corrected chi connectivity index (χ3v) is 3.47. The molecule has 9 heteroatoms. The van der Waals surface area contributed by atoms with Crippen LogP contribution in [0.5, 0.6) is 5.75 Å². The summed E-state index contributed by atoms with van der Waals surface area (Å²) in [6.45, 7) is -0.497. The van der Waals surface area contributed by atoms with Gasteiger partial charge in [-0.2, -0.15) is 0 Å². The van der Waals surface area contributed by atoms with E-state index >= 15 is 0 Å². The van der Waals surface area contributed by atoms with E-state index in [1.54, 1.807) is 7.11 Å². The highest BCUT2D eigenvalue weighted by molar-refractivity contribution is 5.80. The van der Waals surface area contributed by atoms with Gasteiger partial charge in [0.15, 0.2) is 6.61 Å². The molecule has 0 spiro atoms. The Morgan fingerprint density at radius 2 is 1.96 bits per heavy atom. The molecule has 9 nitrogen and oxygen atoms in total. The van der Waals surface area contributed by atoms with Crippen LogP contribution in [0.4, 0.5) is 0 Å². The number of hydrogen-bond acceptors (Lipinski definition) is 6. The monoisotopic (exact) mass is 361 g/mol. The maximum absolute atomic E-state index is 11.7. The Morgan fingerprint density at radius 1 is 1.19 bits per heavy atom. The fraction of sp³-hybridized carbons (Fsp3) is 0.294. The van der Waals surface area contributed by atoms with Gasteiger partial charge in [0.2, 0.25) is 0 Å². The first-order valence-corrected chi connectivity index (χ1v) is 7.83. The number of aromatic nitrogens is 2. The number of para-hydroxylation sites is 1. The molecular weight excluding hydrogens is 342 g/mol. The van der Waals surface area contributed by atoms with Gasteiger partial charge in [-0.15, -0.1) is 0 Å². The molecule has 0 saturated carbocycles. The number of nitrogens with zero attached hydrogens (tertiary/aromatic N) is 1. The van der Waals surface area contributed by atoms with Crippen LogP contribution in [0.1, 0.15) is 5.56 Å². The minimum atomic E-state index is -0.765. The second-order valence-electron chi connectivity index (χ2n) is 5.31. The van der Waals surface area contributed by atoms with Crippen molar-refractivity contribution in [1.82, 2.24) is 14.9 Å². The van der Waals surface area contributed by atoms with Crippen molar-refractivity contribution < 1.29 is 19.1 Å². The molecule has 0 saturated heterocycles. The molecule has 0 aliphatic rings. The summed E-state index contributed by atoms with van der Waals surface area (Å²) in [6.07, 6.45) is 1.74. The second-order valence-corrected chi connectivity index (χ2v) is 5.31. The zero-order valence-electron chi connectivity index (χ0n) is 14.2. The summed E-state index contributed by atoms with van der Waals surface area (Å²) in [5, 5.41) is 2.63. The van der Waals surface area contributed by atoms with Crippen LogP contribution in [-0.4, -0.2) is 41.7 Å². The molecule has 0 aliphatic heterocycles. The number of methoxy groups -OCH3 is 1. The summed E-state index contributed by atoms with van der Waals surface area (Å²) in [5.41, 5.74) is -0.338. The van der Waals surface area contributed by atoms with Crippen LogP contribution in [0.3, 0.4) is 0 Å². The lowest BCUT2D eigenvalue weighted by Crippen LogP contribution is -2.34. The van der Waals surface area contributed by atoms with E-state index in [9.17, 15) is 19.2 Å². The van der Waals surface area contributed by atoms with E-state index in [0.717, 1.165) is 21.9 Å². The summed E-state index contributed by atoms with van der Waals surface area (Å²) in [4.78, 5) is 47.8. The Morgan fingerprint density at radius 3 is 2.69 bits per heavy atom. The van der Waals surface area contributed by atoms with Crippen molar-refractivity contribution in [2.75, 3.05) is 20.3 Å². The Balaban J connectivity index is 1.73. The minimum absolute atomic E-state index is 0.357. The quantitative estimate of drug-likeness (QED) is 0.609. The average molecular weight is 361 g/mol. The molecule has 2 aromatic rings. The molecule has 0 atom stereocenters. The van der Waals surface area contributed by atoms with Gasteiger partial charge in [0.1, 0.15) is 12.3 Å². The van der Waals surface area contributed by atoms with Crippen LogP contribution in [0.25, 0.3) is 0 Å². The molecule has 26 heavy (non-hydrogen) atoms. The third kappa shape index (κ3) is 5.62. The van der Waals surface area contributed by atoms with E-state index in [-0.39, 0.29) is 0 Å². The van der Waals surface area contributed by atoms with Crippen LogP contribution in [-0.2, 0) is 27.3 Å². The number of carbonyl (C=O) groups is 2. The molecule has 0 aliphatic carbocycles. The summed E-state index contributed by atoms with van der Waals surface area (Å²) >= 11 is 0. The molecule has 1 aromatic heterocycles. The van der Waals surface area contributed by atoms with E-state index in [2.05, 4.69) is 5.32 Å². The molecule has 1 heterocycles. The molecular formula is C17H19N3O6. The van der Waals surface area contributed by atoms with E-state index in [1.165, 1.54) is 6.20 Å². The molecule has 1 amide bonds. The number of amides is 1. The fourth-order valence-electron chi connectivity index (χ4n) is 2.20. The number of carbonyl (C=O) groups excluding carboxylic acids is 2. The predicted molar refractivity (Wildman–Crippen MR) is 92.0 cm³/mol. The first-order chi connectivity index (χ1) is 12.5. The number of rotatable bonds is 8. The SMILES string of the molecule is COc1ccccc1CCNC(=O)COC(=O)Cn1ccc(=O)[nH]c1=O. The summed E-state index contributed by atoms with van der Waals surface area (Å²) < 4.78 is 11.0. The van der Waals surface area contributed by atoms with Crippen molar-refractivity contribution >= 4 is 11.9 Å². The van der Waals surface area contributed by atoms with Gasteiger partial charge in [0.25, 0.3) is 11.5 Å². The van der Waals surface area contributed by atoms with Crippen molar-refractivity contribution in [2.24, 2.45) is 0 Å². The second kappa shape index (κ2) is 9.21. The highest BCUT2D eigenvalue weighted by Gasteiger charge is 2.10. The van der Waals surface area contributed by atoms with E-state index < -0.39 is 36.3 Å². The standard InChI is InChI=1S/C17H19N3O6/c1-25-13-5-3-2-4-12(13)6-8-18-15(22)11-26-16(23)10-20-9-7-14(21)19-17(20)24/h2-5,7,9H,6,8,10-11H2,1H3,(H,18,22)(H,19,21,24). The normalized spacial score (nSPS) is 10.2.